The van der Waals surface area contributed by atoms with Crippen LogP contribution in [0.15, 0.2) is 48.7 Å². The van der Waals surface area contributed by atoms with Crippen molar-refractivity contribution in [2.75, 3.05) is 51.8 Å². The Labute approximate surface area is 163 Å². The predicted molar refractivity (Wildman–Crippen MR) is 111 cm³/mol. The van der Waals surface area contributed by atoms with E-state index in [0.29, 0.717) is 12.6 Å². The third kappa shape index (κ3) is 6.03. The first-order chi connectivity index (χ1) is 13.3. The Balaban J connectivity index is 1.59. The zero-order chi connectivity index (χ0) is 18.9. The molecule has 0 aliphatic carbocycles. The third-order valence-electron chi connectivity index (χ3n) is 5.23. The lowest BCUT2D eigenvalue weighted by atomic mass is 10.1. The summed E-state index contributed by atoms with van der Waals surface area (Å²) in [4.78, 5) is 9.28. The lowest BCUT2D eigenvalue weighted by Gasteiger charge is -2.25. The number of nitrogens with zero attached hydrogens (tertiary/aromatic N) is 3. The topological polar surface area (TPSA) is 40.6 Å². The predicted octanol–water partition coefficient (Wildman–Crippen LogP) is 3.09. The highest BCUT2D eigenvalue weighted by atomic mass is 16.5. The lowest BCUT2D eigenvalue weighted by molar-refractivity contribution is 0.206. The molecule has 3 rings (SSSR count). The van der Waals surface area contributed by atoms with Crippen molar-refractivity contribution in [3.8, 4) is 0 Å². The summed E-state index contributed by atoms with van der Waals surface area (Å²) in [6.45, 7) is 5.87. The minimum atomic E-state index is 0.341. The largest absolute Gasteiger partial charge is 0.383 e. The van der Waals surface area contributed by atoms with Crippen LogP contribution < -0.4 is 10.2 Å². The van der Waals surface area contributed by atoms with E-state index in [9.17, 15) is 0 Å². The van der Waals surface area contributed by atoms with Gasteiger partial charge in [-0.05, 0) is 43.1 Å². The average Bonchev–Trinajstić information content (AvgIpc) is 3.23. The smallest absolute Gasteiger partial charge is 0.128 e. The monoisotopic (exact) mass is 368 g/mol. The second-order valence-corrected chi connectivity index (χ2v) is 7.29. The first-order valence-electron chi connectivity index (χ1n) is 9.92. The molecule has 1 saturated heterocycles. The number of ether oxygens (including phenoxy) is 1. The number of nitrogens with one attached hydrogen (secondary N) is 1. The van der Waals surface area contributed by atoms with Crippen molar-refractivity contribution in [2.45, 2.75) is 25.4 Å². The number of pyridine rings is 1. The second kappa shape index (κ2) is 10.4. The maximum atomic E-state index is 5.14. The molecule has 5 heteroatoms. The summed E-state index contributed by atoms with van der Waals surface area (Å²) in [7, 11) is 3.77. The van der Waals surface area contributed by atoms with Crippen LogP contribution in [0.1, 0.15) is 30.0 Å². The standard InChI is InChI=1S/C22H32N4O/c1-25(14-15-27-2)22-11-10-19(17-24-22)16-23-21(18-26-12-6-7-13-26)20-8-4-3-5-9-20/h3-5,8-11,17,21,23H,6-7,12-16,18H2,1-2H3. The zero-order valence-electron chi connectivity index (χ0n) is 16.6. The van der Waals surface area contributed by atoms with E-state index in [1.54, 1.807) is 7.11 Å². The molecule has 1 aromatic carbocycles. The van der Waals surface area contributed by atoms with Gasteiger partial charge in [-0.15, -0.1) is 0 Å². The van der Waals surface area contributed by atoms with E-state index in [2.05, 4.69) is 62.6 Å². The summed E-state index contributed by atoms with van der Waals surface area (Å²) in [5, 5.41) is 3.75. The number of hydrogen-bond donors (Lipinski definition) is 1. The second-order valence-electron chi connectivity index (χ2n) is 7.29. The Hall–Kier alpha value is -1.95. The Kier molecular flexibility index (Phi) is 7.63. The van der Waals surface area contributed by atoms with Crippen LogP contribution in [0, 0.1) is 0 Å². The summed E-state index contributed by atoms with van der Waals surface area (Å²) in [5.41, 5.74) is 2.56. The van der Waals surface area contributed by atoms with Crippen molar-refractivity contribution >= 4 is 5.82 Å². The van der Waals surface area contributed by atoms with Crippen molar-refractivity contribution in [2.24, 2.45) is 0 Å². The molecule has 27 heavy (non-hydrogen) atoms. The molecule has 146 valence electrons. The third-order valence-corrected chi connectivity index (χ3v) is 5.23. The molecule has 1 N–H and O–H groups in total. The highest BCUT2D eigenvalue weighted by molar-refractivity contribution is 5.38. The molecule has 1 fully saturated rings. The van der Waals surface area contributed by atoms with Gasteiger partial charge in [-0.25, -0.2) is 4.98 Å². The molecule has 0 saturated carbocycles. The van der Waals surface area contributed by atoms with E-state index >= 15 is 0 Å². The molecule has 0 amide bonds. The number of benzene rings is 1. The van der Waals surface area contributed by atoms with Crippen molar-refractivity contribution in [1.29, 1.82) is 0 Å². The van der Waals surface area contributed by atoms with E-state index in [1.807, 2.05) is 13.2 Å². The highest BCUT2D eigenvalue weighted by Gasteiger charge is 2.18. The summed E-state index contributed by atoms with van der Waals surface area (Å²) >= 11 is 0. The molecule has 0 spiro atoms. The van der Waals surface area contributed by atoms with Crippen LogP contribution in [0.4, 0.5) is 5.82 Å². The van der Waals surface area contributed by atoms with E-state index < -0.39 is 0 Å². The van der Waals surface area contributed by atoms with Crippen LogP contribution in [0.5, 0.6) is 0 Å². The number of likely N-dealkylation sites (tertiary alicyclic amines) is 1. The van der Waals surface area contributed by atoms with Gasteiger partial charge in [0, 0.05) is 46.0 Å². The van der Waals surface area contributed by atoms with Crippen molar-refractivity contribution in [1.82, 2.24) is 15.2 Å². The fraction of sp³-hybridized carbons (Fsp3) is 0.500. The molecule has 1 unspecified atom stereocenters. The minimum Gasteiger partial charge on any atom is -0.383 e. The van der Waals surface area contributed by atoms with Gasteiger partial charge in [0.25, 0.3) is 0 Å². The molecule has 2 aromatic rings. The van der Waals surface area contributed by atoms with Crippen LogP contribution in [-0.4, -0.2) is 56.8 Å². The Morgan fingerprint density at radius 3 is 2.59 bits per heavy atom. The fourth-order valence-corrected chi connectivity index (χ4v) is 3.53. The molecule has 2 heterocycles. The zero-order valence-corrected chi connectivity index (χ0v) is 16.6. The van der Waals surface area contributed by atoms with Crippen LogP contribution in [0.3, 0.4) is 0 Å². The Morgan fingerprint density at radius 1 is 1.15 bits per heavy atom. The maximum Gasteiger partial charge on any atom is 0.128 e. The first kappa shape index (κ1) is 19.8. The Bertz CT molecular complexity index is 656. The van der Waals surface area contributed by atoms with Crippen molar-refractivity contribution < 1.29 is 4.74 Å². The summed E-state index contributed by atoms with van der Waals surface area (Å²) in [5.74, 6) is 0.979. The highest BCUT2D eigenvalue weighted by Crippen LogP contribution is 2.18. The van der Waals surface area contributed by atoms with Gasteiger partial charge in [-0.1, -0.05) is 36.4 Å². The summed E-state index contributed by atoms with van der Waals surface area (Å²) in [6, 6.07) is 15.4. The molecule has 0 radical (unpaired) electrons. The van der Waals surface area contributed by atoms with E-state index in [4.69, 9.17) is 4.74 Å². The molecule has 1 atom stereocenters. The first-order valence-corrected chi connectivity index (χ1v) is 9.92. The summed E-state index contributed by atoms with van der Waals surface area (Å²) in [6.07, 6.45) is 4.62. The average molecular weight is 369 g/mol. The molecular weight excluding hydrogens is 336 g/mol. The van der Waals surface area contributed by atoms with Crippen molar-refractivity contribution in [3.05, 3.63) is 59.8 Å². The number of likely N-dealkylation sites (N-methyl/N-ethyl adjacent to an activating group) is 1. The SMILES string of the molecule is COCCN(C)c1ccc(CNC(CN2CCCC2)c2ccccc2)cn1. The van der Waals surface area contributed by atoms with Gasteiger partial charge < -0.3 is 19.9 Å². The fourth-order valence-electron chi connectivity index (χ4n) is 3.53. The molecule has 1 aliphatic heterocycles. The number of methoxy groups -OCH3 is 1. The lowest BCUT2D eigenvalue weighted by Crippen LogP contribution is -2.33. The molecule has 1 aliphatic rings. The normalized spacial score (nSPS) is 15.8. The van der Waals surface area contributed by atoms with Gasteiger partial charge in [0.2, 0.25) is 0 Å². The van der Waals surface area contributed by atoms with Gasteiger partial charge in [0.15, 0.2) is 0 Å². The number of aromatic nitrogens is 1. The number of hydrogen-bond acceptors (Lipinski definition) is 5. The van der Waals surface area contributed by atoms with Gasteiger partial charge in [0.05, 0.1) is 6.61 Å². The van der Waals surface area contributed by atoms with Gasteiger partial charge >= 0.3 is 0 Å². The van der Waals surface area contributed by atoms with Gasteiger partial charge in [0.1, 0.15) is 5.82 Å². The maximum absolute atomic E-state index is 5.14. The van der Waals surface area contributed by atoms with Crippen LogP contribution in [0.25, 0.3) is 0 Å². The molecule has 0 bridgehead atoms. The van der Waals surface area contributed by atoms with Crippen LogP contribution >= 0.6 is 0 Å². The van der Waals surface area contributed by atoms with Crippen LogP contribution in [-0.2, 0) is 11.3 Å². The molecule has 1 aromatic heterocycles. The van der Waals surface area contributed by atoms with E-state index in [-0.39, 0.29) is 0 Å². The van der Waals surface area contributed by atoms with Gasteiger partial charge in [-0.3, -0.25) is 0 Å². The number of anilines is 1. The van der Waals surface area contributed by atoms with Crippen LogP contribution in [0.2, 0.25) is 0 Å². The molecule has 5 nitrogen and oxygen atoms in total. The van der Waals surface area contributed by atoms with E-state index in [1.165, 1.54) is 37.1 Å². The quantitative estimate of drug-likeness (QED) is 0.698. The Morgan fingerprint density at radius 2 is 1.93 bits per heavy atom. The van der Waals surface area contributed by atoms with Crippen molar-refractivity contribution in [3.63, 3.8) is 0 Å². The number of rotatable bonds is 10. The van der Waals surface area contributed by atoms with Gasteiger partial charge in [-0.2, -0.15) is 0 Å². The minimum absolute atomic E-state index is 0.341. The molecular formula is C22H32N4O. The van der Waals surface area contributed by atoms with E-state index in [0.717, 1.165) is 25.5 Å². The summed E-state index contributed by atoms with van der Waals surface area (Å²) < 4.78 is 5.14.